The zero-order valence-corrected chi connectivity index (χ0v) is 9.89. The molecule has 0 aromatic heterocycles. The Morgan fingerprint density at radius 3 is 2.82 bits per heavy atom. The molecule has 1 aromatic rings. The van der Waals surface area contributed by atoms with Crippen LogP contribution in [0.4, 0.5) is 15.8 Å². The molecule has 0 bridgehead atoms. The number of nitriles is 1. The van der Waals surface area contributed by atoms with Crippen LogP contribution in [0.3, 0.4) is 0 Å². The largest absolute Gasteiger partial charge is 0.397 e. The summed E-state index contributed by atoms with van der Waals surface area (Å²) >= 11 is 0. The minimum Gasteiger partial charge on any atom is -0.397 e. The average Bonchev–Trinajstić information content (AvgIpc) is 2.23. The second kappa shape index (κ2) is 4.62. The van der Waals surface area contributed by atoms with Gasteiger partial charge in [-0.3, -0.25) is 0 Å². The second-order valence-electron chi connectivity index (χ2n) is 4.64. The maximum absolute atomic E-state index is 13.7. The minimum absolute atomic E-state index is 0.0295. The number of rotatable bonds is 3. The lowest BCUT2D eigenvalue weighted by molar-refractivity contribution is 0.333. The van der Waals surface area contributed by atoms with Crippen molar-refractivity contribution in [3.05, 3.63) is 23.0 Å². The summed E-state index contributed by atoms with van der Waals surface area (Å²) in [4.78, 5) is 0. The standard InChI is InChI=1S/C13H16FN3/c1-8-5-11(16)13(10(6-15)12(8)14)17-7-9-3-2-4-9/h5,9,17H,2-4,7,16H2,1H3. The van der Waals surface area contributed by atoms with Crippen molar-refractivity contribution in [1.82, 2.24) is 0 Å². The van der Waals surface area contributed by atoms with Crippen LogP contribution in [0.25, 0.3) is 0 Å². The molecule has 0 aliphatic heterocycles. The number of nitrogens with zero attached hydrogens (tertiary/aromatic N) is 1. The maximum atomic E-state index is 13.7. The van der Waals surface area contributed by atoms with E-state index in [1.54, 1.807) is 13.0 Å². The fourth-order valence-corrected chi connectivity index (χ4v) is 2.06. The molecule has 3 N–H and O–H groups in total. The van der Waals surface area contributed by atoms with Crippen LogP contribution < -0.4 is 11.1 Å². The molecular weight excluding hydrogens is 217 g/mol. The number of hydrogen-bond acceptors (Lipinski definition) is 3. The number of aryl methyl sites for hydroxylation is 1. The third-order valence-electron chi connectivity index (χ3n) is 3.38. The zero-order valence-electron chi connectivity index (χ0n) is 9.89. The Bertz CT molecular complexity index is 473. The SMILES string of the molecule is Cc1cc(N)c(NCC2CCC2)c(C#N)c1F. The molecule has 1 saturated carbocycles. The number of hydrogen-bond donors (Lipinski definition) is 2. The topological polar surface area (TPSA) is 61.8 Å². The fourth-order valence-electron chi connectivity index (χ4n) is 2.06. The van der Waals surface area contributed by atoms with Gasteiger partial charge in [0.05, 0.1) is 11.4 Å². The predicted molar refractivity (Wildman–Crippen MR) is 66.1 cm³/mol. The zero-order chi connectivity index (χ0) is 12.4. The number of benzene rings is 1. The minimum atomic E-state index is -0.474. The normalized spacial score (nSPS) is 15.1. The van der Waals surface area contributed by atoms with E-state index in [0.29, 0.717) is 22.9 Å². The van der Waals surface area contributed by atoms with Crippen molar-refractivity contribution in [3.8, 4) is 6.07 Å². The van der Waals surface area contributed by atoms with Crippen molar-refractivity contribution in [1.29, 1.82) is 5.26 Å². The summed E-state index contributed by atoms with van der Waals surface area (Å²) < 4.78 is 13.7. The first kappa shape index (κ1) is 11.7. The Kier molecular flexibility index (Phi) is 3.19. The summed E-state index contributed by atoms with van der Waals surface area (Å²) in [6.45, 7) is 2.38. The Morgan fingerprint density at radius 1 is 1.59 bits per heavy atom. The van der Waals surface area contributed by atoms with Crippen molar-refractivity contribution in [2.75, 3.05) is 17.6 Å². The maximum Gasteiger partial charge on any atom is 0.146 e. The molecule has 4 heteroatoms. The summed E-state index contributed by atoms with van der Waals surface area (Å²) in [6.07, 6.45) is 3.65. The van der Waals surface area contributed by atoms with E-state index in [9.17, 15) is 4.39 Å². The van der Waals surface area contributed by atoms with E-state index in [4.69, 9.17) is 11.0 Å². The quantitative estimate of drug-likeness (QED) is 0.789. The summed E-state index contributed by atoms with van der Waals surface area (Å²) in [5, 5.41) is 12.1. The fraction of sp³-hybridized carbons (Fsp3) is 0.462. The van der Waals surface area contributed by atoms with Crippen LogP contribution in [0.1, 0.15) is 30.4 Å². The molecule has 0 atom stereocenters. The van der Waals surface area contributed by atoms with Gasteiger partial charge in [-0.2, -0.15) is 5.26 Å². The lowest BCUT2D eigenvalue weighted by Gasteiger charge is -2.26. The van der Waals surface area contributed by atoms with Crippen molar-refractivity contribution in [3.63, 3.8) is 0 Å². The van der Waals surface area contributed by atoms with Gasteiger partial charge in [0, 0.05) is 6.54 Å². The lowest BCUT2D eigenvalue weighted by atomic mass is 9.85. The number of nitrogen functional groups attached to an aromatic ring is 1. The number of nitrogens with one attached hydrogen (secondary N) is 1. The van der Waals surface area contributed by atoms with E-state index in [1.165, 1.54) is 19.3 Å². The number of nitrogens with two attached hydrogens (primary N) is 1. The third-order valence-corrected chi connectivity index (χ3v) is 3.38. The van der Waals surface area contributed by atoms with E-state index < -0.39 is 5.82 Å². The summed E-state index contributed by atoms with van der Waals surface area (Å²) in [5.41, 5.74) is 7.16. The van der Waals surface area contributed by atoms with Gasteiger partial charge in [0.25, 0.3) is 0 Å². The Labute approximate surface area is 100 Å². The van der Waals surface area contributed by atoms with Crippen molar-refractivity contribution >= 4 is 11.4 Å². The molecule has 3 nitrogen and oxygen atoms in total. The highest BCUT2D eigenvalue weighted by molar-refractivity contribution is 5.75. The van der Waals surface area contributed by atoms with Crippen LogP contribution in [0.2, 0.25) is 0 Å². The first-order chi connectivity index (χ1) is 8.13. The molecular formula is C13H16FN3. The molecule has 17 heavy (non-hydrogen) atoms. The average molecular weight is 233 g/mol. The molecule has 1 aromatic carbocycles. The number of halogens is 1. The van der Waals surface area contributed by atoms with E-state index in [2.05, 4.69) is 5.32 Å². The van der Waals surface area contributed by atoms with Gasteiger partial charge in [-0.25, -0.2) is 4.39 Å². The smallest absolute Gasteiger partial charge is 0.146 e. The van der Waals surface area contributed by atoms with Crippen LogP contribution >= 0.6 is 0 Å². The molecule has 0 amide bonds. The Hall–Kier alpha value is -1.76. The molecule has 1 aliphatic carbocycles. The molecule has 0 radical (unpaired) electrons. The second-order valence-corrected chi connectivity index (χ2v) is 4.64. The van der Waals surface area contributed by atoms with Gasteiger partial charge in [-0.1, -0.05) is 6.42 Å². The molecule has 0 heterocycles. The highest BCUT2D eigenvalue weighted by Crippen LogP contribution is 2.31. The molecule has 0 spiro atoms. The first-order valence-corrected chi connectivity index (χ1v) is 5.86. The molecule has 90 valence electrons. The van der Waals surface area contributed by atoms with Gasteiger partial charge in [0.1, 0.15) is 17.4 Å². The van der Waals surface area contributed by atoms with Gasteiger partial charge in [0.15, 0.2) is 0 Å². The van der Waals surface area contributed by atoms with Crippen LogP contribution in [-0.2, 0) is 0 Å². The van der Waals surface area contributed by atoms with Crippen molar-refractivity contribution in [2.45, 2.75) is 26.2 Å². The predicted octanol–water partition coefficient (Wildman–Crippen LogP) is 2.80. The van der Waals surface area contributed by atoms with Crippen LogP contribution in [0.5, 0.6) is 0 Å². The number of anilines is 2. The van der Waals surface area contributed by atoms with Crippen molar-refractivity contribution in [2.24, 2.45) is 5.92 Å². The van der Waals surface area contributed by atoms with Crippen LogP contribution in [-0.4, -0.2) is 6.54 Å². The van der Waals surface area contributed by atoms with Gasteiger partial charge >= 0.3 is 0 Å². The molecule has 2 rings (SSSR count). The highest BCUT2D eigenvalue weighted by Gasteiger charge is 2.19. The van der Waals surface area contributed by atoms with Gasteiger partial charge in [-0.05, 0) is 37.3 Å². The highest BCUT2D eigenvalue weighted by atomic mass is 19.1. The molecule has 1 aliphatic rings. The van der Waals surface area contributed by atoms with Gasteiger partial charge < -0.3 is 11.1 Å². The van der Waals surface area contributed by atoms with E-state index in [1.807, 2.05) is 6.07 Å². The van der Waals surface area contributed by atoms with Crippen LogP contribution in [0, 0.1) is 30.0 Å². The lowest BCUT2D eigenvalue weighted by Crippen LogP contribution is -2.22. The molecule has 1 fully saturated rings. The summed E-state index contributed by atoms with van der Waals surface area (Å²) in [7, 11) is 0. The molecule has 0 unspecified atom stereocenters. The van der Waals surface area contributed by atoms with E-state index in [-0.39, 0.29) is 5.56 Å². The van der Waals surface area contributed by atoms with Crippen molar-refractivity contribution < 1.29 is 4.39 Å². The van der Waals surface area contributed by atoms with E-state index >= 15 is 0 Å². The first-order valence-electron chi connectivity index (χ1n) is 5.86. The van der Waals surface area contributed by atoms with Crippen LogP contribution in [0.15, 0.2) is 6.07 Å². The van der Waals surface area contributed by atoms with Gasteiger partial charge in [-0.15, -0.1) is 0 Å². The third kappa shape index (κ3) is 2.19. The molecule has 0 saturated heterocycles. The van der Waals surface area contributed by atoms with E-state index in [0.717, 1.165) is 6.54 Å². The Balaban J connectivity index is 2.25. The Morgan fingerprint density at radius 2 is 2.29 bits per heavy atom. The summed E-state index contributed by atoms with van der Waals surface area (Å²) in [6, 6.07) is 3.46. The van der Waals surface area contributed by atoms with Gasteiger partial charge in [0.2, 0.25) is 0 Å². The monoisotopic (exact) mass is 233 g/mol. The summed E-state index contributed by atoms with van der Waals surface area (Å²) in [5.74, 6) is 0.156.